The van der Waals surface area contributed by atoms with E-state index in [0.29, 0.717) is 33.2 Å². The molecule has 0 unspecified atom stereocenters. The summed E-state index contributed by atoms with van der Waals surface area (Å²) in [6, 6.07) is 21.2. The number of nitrogens with zero attached hydrogens (tertiary/aromatic N) is 1. The van der Waals surface area contributed by atoms with E-state index < -0.39 is 6.04 Å². The van der Waals surface area contributed by atoms with Gasteiger partial charge >= 0.3 is 0 Å². The monoisotopic (exact) mass is 562 g/mol. The third-order valence-electron chi connectivity index (χ3n) is 5.11. The zero-order chi connectivity index (χ0) is 24.5. The molecule has 0 heterocycles. The minimum atomic E-state index is -0.730. The first-order valence-corrected chi connectivity index (χ1v) is 12.4. The summed E-state index contributed by atoms with van der Waals surface area (Å²) in [5, 5.41) is 3.97. The molecule has 0 saturated heterocycles. The molecule has 8 heteroatoms. The fourth-order valence-electron chi connectivity index (χ4n) is 3.49. The van der Waals surface area contributed by atoms with E-state index in [1.54, 1.807) is 35.2 Å². The van der Waals surface area contributed by atoms with E-state index >= 15 is 0 Å². The average Bonchev–Trinajstić information content (AvgIpc) is 2.81. The lowest BCUT2D eigenvalue weighted by molar-refractivity contribution is -0.142. The van der Waals surface area contributed by atoms with Gasteiger partial charge in [-0.2, -0.15) is 0 Å². The third kappa shape index (κ3) is 7.49. The summed E-state index contributed by atoms with van der Waals surface area (Å²) in [5.41, 5.74) is 1.76. The summed E-state index contributed by atoms with van der Waals surface area (Å²) in [6.07, 6.45) is 0.365. The highest BCUT2D eigenvalue weighted by Gasteiger charge is 2.30. The van der Waals surface area contributed by atoms with E-state index in [1.807, 2.05) is 49.4 Å². The number of rotatable bonds is 10. The second-order valence-electron chi connectivity index (χ2n) is 7.62. The smallest absolute Gasteiger partial charge is 0.261 e. The van der Waals surface area contributed by atoms with Gasteiger partial charge in [0.2, 0.25) is 5.91 Å². The number of carbonyl (C=O) groups excluding carboxylic acids is 2. The van der Waals surface area contributed by atoms with Crippen LogP contribution in [-0.4, -0.2) is 35.9 Å². The number of likely N-dealkylation sites (N-methyl/N-ethyl adjacent to an activating group) is 1. The van der Waals surface area contributed by atoms with Crippen LogP contribution in [-0.2, 0) is 22.6 Å². The van der Waals surface area contributed by atoms with Crippen molar-refractivity contribution in [3.8, 4) is 5.75 Å². The third-order valence-corrected chi connectivity index (χ3v) is 6.20. The molecule has 3 rings (SSSR count). The highest BCUT2D eigenvalue weighted by Crippen LogP contribution is 2.28. The predicted octanol–water partition coefficient (Wildman–Crippen LogP) is 5.91. The van der Waals surface area contributed by atoms with Crippen molar-refractivity contribution in [3.63, 3.8) is 0 Å². The molecule has 178 valence electrons. The number of halogens is 3. The minimum Gasteiger partial charge on any atom is -0.483 e. The van der Waals surface area contributed by atoms with E-state index in [0.717, 1.165) is 11.1 Å². The molecule has 0 aliphatic rings. The molecule has 3 aromatic rings. The molecule has 0 bridgehead atoms. The van der Waals surface area contributed by atoms with E-state index in [-0.39, 0.29) is 25.0 Å². The molecule has 0 saturated carbocycles. The van der Waals surface area contributed by atoms with Gasteiger partial charge in [-0.1, -0.05) is 65.7 Å². The summed E-state index contributed by atoms with van der Waals surface area (Å²) < 4.78 is 6.42. The van der Waals surface area contributed by atoms with Gasteiger partial charge in [0.1, 0.15) is 11.8 Å². The van der Waals surface area contributed by atoms with Gasteiger partial charge in [-0.25, -0.2) is 0 Å². The Bertz CT molecular complexity index is 1130. The summed E-state index contributed by atoms with van der Waals surface area (Å²) in [5.74, 6) is -0.0681. The van der Waals surface area contributed by atoms with E-state index in [2.05, 4.69) is 21.2 Å². The normalized spacial score (nSPS) is 11.5. The van der Waals surface area contributed by atoms with E-state index in [4.69, 9.17) is 27.9 Å². The first-order valence-electron chi connectivity index (χ1n) is 10.8. The number of benzene rings is 3. The molecule has 0 radical (unpaired) electrons. The highest BCUT2D eigenvalue weighted by molar-refractivity contribution is 9.10. The minimum absolute atomic E-state index is 0.208. The van der Waals surface area contributed by atoms with Crippen molar-refractivity contribution in [1.82, 2.24) is 10.2 Å². The molecule has 0 fully saturated rings. The molecule has 0 aromatic heterocycles. The number of ether oxygens (including phenoxy) is 1. The molecule has 0 aliphatic carbocycles. The Morgan fingerprint density at radius 3 is 2.35 bits per heavy atom. The van der Waals surface area contributed by atoms with Gasteiger partial charge in [0.15, 0.2) is 6.61 Å². The molecular formula is C26H25BrCl2N2O3. The van der Waals surface area contributed by atoms with Crippen molar-refractivity contribution in [3.05, 3.63) is 98.4 Å². The SMILES string of the molecule is CCNC(=O)[C@H](Cc1ccccc1)N(Cc1cccc(Cl)c1)C(=O)COc1ccc(Cl)cc1Br. The molecule has 2 amide bonds. The fourth-order valence-corrected chi connectivity index (χ4v) is 4.50. The molecule has 34 heavy (non-hydrogen) atoms. The van der Waals surface area contributed by atoms with Crippen molar-refractivity contribution < 1.29 is 14.3 Å². The van der Waals surface area contributed by atoms with Gasteiger partial charge in [-0.05, 0) is 64.3 Å². The largest absolute Gasteiger partial charge is 0.483 e. The zero-order valence-electron chi connectivity index (χ0n) is 18.6. The van der Waals surface area contributed by atoms with Crippen molar-refractivity contribution in [1.29, 1.82) is 0 Å². The fraction of sp³-hybridized carbons (Fsp3) is 0.231. The summed E-state index contributed by atoms with van der Waals surface area (Å²) in [6.45, 7) is 2.27. The van der Waals surface area contributed by atoms with Gasteiger partial charge in [-0.3, -0.25) is 9.59 Å². The quantitative estimate of drug-likeness (QED) is 0.333. The van der Waals surface area contributed by atoms with Gasteiger partial charge in [-0.15, -0.1) is 0 Å². The van der Waals surface area contributed by atoms with Crippen LogP contribution in [0, 0.1) is 0 Å². The lowest BCUT2D eigenvalue weighted by atomic mass is 10.0. The Morgan fingerprint density at radius 2 is 1.68 bits per heavy atom. The van der Waals surface area contributed by atoms with Crippen LogP contribution in [0.1, 0.15) is 18.1 Å². The predicted molar refractivity (Wildman–Crippen MR) is 139 cm³/mol. The van der Waals surface area contributed by atoms with Crippen LogP contribution in [0.3, 0.4) is 0 Å². The lowest BCUT2D eigenvalue weighted by Gasteiger charge is -2.31. The molecule has 1 N–H and O–H groups in total. The molecule has 0 aliphatic heterocycles. The number of carbonyl (C=O) groups is 2. The van der Waals surface area contributed by atoms with Gasteiger partial charge in [0, 0.05) is 29.6 Å². The van der Waals surface area contributed by atoms with Crippen LogP contribution in [0.5, 0.6) is 5.75 Å². The van der Waals surface area contributed by atoms with Crippen LogP contribution in [0.25, 0.3) is 0 Å². The Kier molecular flexibility index (Phi) is 9.81. The maximum atomic E-state index is 13.5. The van der Waals surface area contributed by atoms with Crippen molar-refractivity contribution in [2.24, 2.45) is 0 Å². The summed E-state index contributed by atoms with van der Waals surface area (Å²) in [7, 11) is 0. The van der Waals surface area contributed by atoms with Gasteiger partial charge in [0.25, 0.3) is 5.91 Å². The first kappa shape index (κ1) is 26.1. The second-order valence-corrected chi connectivity index (χ2v) is 9.34. The van der Waals surface area contributed by atoms with E-state index in [1.165, 1.54) is 0 Å². The van der Waals surface area contributed by atoms with Crippen molar-refractivity contribution >= 4 is 50.9 Å². The topological polar surface area (TPSA) is 58.6 Å². The number of amides is 2. The highest BCUT2D eigenvalue weighted by atomic mass is 79.9. The number of hydrogen-bond donors (Lipinski definition) is 1. The van der Waals surface area contributed by atoms with Crippen molar-refractivity contribution in [2.75, 3.05) is 13.2 Å². The zero-order valence-corrected chi connectivity index (χ0v) is 21.7. The Hall–Kier alpha value is -2.54. The van der Waals surface area contributed by atoms with Crippen LogP contribution in [0.15, 0.2) is 77.3 Å². The summed E-state index contributed by atoms with van der Waals surface area (Å²) in [4.78, 5) is 28.1. The second kappa shape index (κ2) is 12.8. The summed E-state index contributed by atoms with van der Waals surface area (Å²) >= 11 is 15.6. The van der Waals surface area contributed by atoms with Crippen LogP contribution < -0.4 is 10.1 Å². The Balaban J connectivity index is 1.90. The Morgan fingerprint density at radius 1 is 0.971 bits per heavy atom. The molecule has 3 aromatic carbocycles. The Labute approximate surface area is 218 Å². The van der Waals surface area contributed by atoms with Gasteiger partial charge < -0.3 is 15.0 Å². The molecule has 1 atom stereocenters. The average molecular weight is 564 g/mol. The van der Waals surface area contributed by atoms with Crippen LogP contribution in [0.2, 0.25) is 10.0 Å². The maximum Gasteiger partial charge on any atom is 0.261 e. The van der Waals surface area contributed by atoms with Gasteiger partial charge in [0.05, 0.1) is 4.47 Å². The molecule has 5 nitrogen and oxygen atoms in total. The van der Waals surface area contributed by atoms with Crippen molar-refractivity contribution in [2.45, 2.75) is 25.9 Å². The number of hydrogen-bond acceptors (Lipinski definition) is 3. The van der Waals surface area contributed by atoms with Crippen LogP contribution >= 0.6 is 39.1 Å². The maximum absolute atomic E-state index is 13.5. The number of nitrogens with one attached hydrogen (secondary N) is 1. The lowest BCUT2D eigenvalue weighted by Crippen LogP contribution is -2.51. The standard InChI is InChI=1S/C26H25BrCl2N2O3/c1-2-30-26(33)23(14-18-7-4-3-5-8-18)31(16-19-9-6-10-20(28)13-19)25(32)17-34-24-12-11-21(29)15-22(24)27/h3-13,15,23H,2,14,16-17H2,1H3,(H,30,33)/t23-/m0/s1. The van der Waals surface area contributed by atoms with E-state index in [9.17, 15) is 9.59 Å². The molecule has 0 spiro atoms. The molecular weight excluding hydrogens is 539 g/mol. The van der Waals surface area contributed by atoms with Crippen LogP contribution in [0.4, 0.5) is 0 Å². The first-order chi connectivity index (χ1) is 16.4.